The molecule has 0 amide bonds. The third-order valence-corrected chi connectivity index (χ3v) is 9.20. The van der Waals surface area contributed by atoms with Crippen molar-refractivity contribution in [1.29, 1.82) is 0 Å². The van der Waals surface area contributed by atoms with Gasteiger partial charge >= 0.3 is 0 Å². The zero-order valence-electron chi connectivity index (χ0n) is 23.8. The van der Waals surface area contributed by atoms with Crippen LogP contribution in [-0.4, -0.2) is 20.9 Å². The molecule has 202 valence electrons. The van der Waals surface area contributed by atoms with Gasteiger partial charge in [-0.25, -0.2) is 0 Å². The molecule has 1 saturated carbocycles. The molecule has 0 bridgehead atoms. The number of fused-ring (bicyclic) bond motifs is 2. The Hall–Kier alpha value is -3.11. The van der Waals surface area contributed by atoms with Crippen LogP contribution >= 0.6 is 0 Å². The van der Waals surface area contributed by atoms with E-state index in [0.29, 0.717) is 23.1 Å². The molecule has 2 atom stereocenters. The summed E-state index contributed by atoms with van der Waals surface area (Å²) in [7, 11) is 0. The van der Waals surface area contributed by atoms with E-state index in [-0.39, 0.29) is 11.7 Å². The van der Waals surface area contributed by atoms with Crippen molar-refractivity contribution in [3.8, 4) is 11.1 Å². The molecule has 6 rings (SSSR count). The number of carbonyl (C=O) groups excluding carboxylic acids is 1. The van der Waals surface area contributed by atoms with E-state index in [0.717, 1.165) is 25.7 Å². The van der Waals surface area contributed by atoms with Crippen LogP contribution in [0.15, 0.2) is 48.8 Å². The second-order valence-electron chi connectivity index (χ2n) is 12.7. The van der Waals surface area contributed by atoms with Crippen molar-refractivity contribution >= 4 is 11.4 Å². The van der Waals surface area contributed by atoms with Gasteiger partial charge in [0.05, 0.1) is 5.69 Å². The fourth-order valence-corrected chi connectivity index (χ4v) is 7.09. The van der Waals surface area contributed by atoms with Crippen LogP contribution in [-0.2, 0) is 24.9 Å². The minimum Gasteiger partial charge on any atom is -0.384 e. The van der Waals surface area contributed by atoms with Crippen LogP contribution in [0.2, 0.25) is 0 Å². The normalized spacial score (nSPS) is 21.3. The largest absolute Gasteiger partial charge is 0.384 e. The predicted molar refractivity (Wildman–Crippen MR) is 157 cm³/mol. The highest BCUT2D eigenvalue weighted by molar-refractivity contribution is 5.98. The number of rotatable bonds is 5. The smallest absolute Gasteiger partial charge is 0.166 e. The van der Waals surface area contributed by atoms with Crippen LogP contribution in [0.5, 0.6) is 0 Å². The first kappa shape index (κ1) is 26.1. The standard InChI is InChI=1S/C35H40N2O2/c1-21-13-22(2)29-18-28(20-37-32(29)14-21)27-15-24-9-10-25(16-31(24)30(17-27)23-7-5-6-8-23)34(38)26-11-12-36-33(19-26)35(3,4)39/h11-13,15,17-21,23,25,39H,5-10,14,16H2,1-4H3. The lowest BCUT2D eigenvalue weighted by molar-refractivity contribution is 0.0736. The van der Waals surface area contributed by atoms with Crippen LogP contribution in [0.25, 0.3) is 16.7 Å². The van der Waals surface area contributed by atoms with E-state index < -0.39 is 5.60 Å². The second kappa shape index (κ2) is 10.1. The van der Waals surface area contributed by atoms with Crippen LogP contribution < -0.4 is 0 Å². The first-order valence-electron chi connectivity index (χ1n) is 14.7. The average molecular weight is 521 g/mol. The Morgan fingerprint density at radius 2 is 1.79 bits per heavy atom. The van der Waals surface area contributed by atoms with Crippen molar-refractivity contribution in [1.82, 2.24) is 9.97 Å². The Balaban J connectivity index is 1.35. The Kier molecular flexibility index (Phi) is 6.79. The van der Waals surface area contributed by atoms with Crippen molar-refractivity contribution in [2.75, 3.05) is 0 Å². The number of aliphatic hydroxyl groups is 1. The summed E-state index contributed by atoms with van der Waals surface area (Å²) in [6, 6.07) is 10.7. The number of carbonyl (C=O) groups is 1. The molecule has 2 heterocycles. The Bertz CT molecular complexity index is 1460. The number of ketones is 1. The maximum atomic E-state index is 13.7. The van der Waals surface area contributed by atoms with Gasteiger partial charge < -0.3 is 5.11 Å². The highest BCUT2D eigenvalue weighted by atomic mass is 16.3. The molecule has 2 aromatic heterocycles. The quantitative estimate of drug-likeness (QED) is 0.352. The summed E-state index contributed by atoms with van der Waals surface area (Å²) in [6.07, 6.45) is 14.7. The maximum Gasteiger partial charge on any atom is 0.166 e. The lowest BCUT2D eigenvalue weighted by Crippen LogP contribution is -2.25. The van der Waals surface area contributed by atoms with Crippen molar-refractivity contribution in [2.24, 2.45) is 11.8 Å². The zero-order valence-corrected chi connectivity index (χ0v) is 23.8. The van der Waals surface area contributed by atoms with E-state index in [9.17, 15) is 9.90 Å². The SMILES string of the molecule is CC1=CC(C)Cc2ncc(-c3cc4c(c(C5CCCC5)c3)CC(C(=O)c3ccnc(C(C)(C)O)c3)CC4)cc21. The third-order valence-electron chi connectivity index (χ3n) is 9.20. The first-order valence-corrected chi connectivity index (χ1v) is 14.7. The molecule has 4 nitrogen and oxygen atoms in total. The Morgan fingerprint density at radius 3 is 2.56 bits per heavy atom. The monoisotopic (exact) mass is 520 g/mol. The Morgan fingerprint density at radius 1 is 1.00 bits per heavy atom. The molecule has 3 aliphatic carbocycles. The zero-order chi connectivity index (χ0) is 27.3. The van der Waals surface area contributed by atoms with Crippen molar-refractivity contribution in [2.45, 2.75) is 90.6 Å². The molecule has 39 heavy (non-hydrogen) atoms. The molecule has 1 N–H and O–H groups in total. The van der Waals surface area contributed by atoms with E-state index in [2.05, 4.69) is 49.3 Å². The second-order valence-corrected chi connectivity index (χ2v) is 12.7. The van der Waals surface area contributed by atoms with Gasteiger partial charge in [0, 0.05) is 35.1 Å². The molecule has 0 saturated heterocycles. The summed E-state index contributed by atoms with van der Waals surface area (Å²) in [4.78, 5) is 22.9. The van der Waals surface area contributed by atoms with E-state index in [1.54, 1.807) is 32.2 Å². The van der Waals surface area contributed by atoms with Gasteiger partial charge in [-0.05, 0) is 123 Å². The van der Waals surface area contributed by atoms with Gasteiger partial charge in [-0.15, -0.1) is 0 Å². The fourth-order valence-electron chi connectivity index (χ4n) is 7.09. The summed E-state index contributed by atoms with van der Waals surface area (Å²) in [5, 5.41) is 10.4. The van der Waals surface area contributed by atoms with E-state index in [1.807, 2.05) is 0 Å². The van der Waals surface area contributed by atoms with Crippen molar-refractivity contribution < 1.29 is 9.90 Å². The lowest BCUT2D eigenvalue weighted by atomic mass is 9.75. The van der Waals surface area contributed by atoms with Gasteiger partial charge in [0.15, 0.2) is 5.78 Å². The van der Waals surface area contributed by atoms with Crippen molar-refractivity contribution in [3.63, 3.8) is 0 Å². The number of aryl methyl sites for hydroxylation is 1. The number of hydrogen-bond acceptors (Lipinski definition) is 4. The molecule has 3 aliphatic rings. The first-order chi connectivity index (χ1) is 18.7. The minimum absolute atomic E-state index is 0.0410. The average Bonchev–Trinajstić information content (AvgIpc) is 3.46. The van der Waals surface area contributed by atoms with E-state index >= 15 is 0 Å². The van der Waals surface area contributed by atoms with Gasteiger partial charge in [0.2, 0.25) is 0 Å². The molecule has 0 radical (unpaired) electrons. The molecule has 0 aliphatic heterocycles. The van der Waals surface area contributed by atoms with Gasteiger partial charge in [0.1, 0.15) is 5.60 Å². The third kappa shape index (κ3) is 5.12. The molecular formula is C35H40N2O2. The lowest BCUT2D eigenvalue weighted by Gasteiger charge is -2.29. The molecular weight excluding hydrogens is 480 g/mol. The summed E-state index contributed by atoms with van der Waals surface area (Å²) >= 11 is 0. The molecule has 2 unspecified atom stereocenters. The molecule has 1 fully saturated rings. The van der Waals surface area contributed by atoms with Gasteiger partial charge in [-0.1, -0.05) is 38.0 Å². The topological polar surface area (TPSA) is 63.1 Å². The molecule has 0 spiro atoms. The van der Waals surface area contributed by atoms with Gasteiger partial charge in [-0.2, -0.15) is 0 Å². The predicted octanol–water partition coefficient (Wildman–Crippen LogP) is 7.61. The number of pyridine rings is 2. The Labute approximate surface area is 232 Å². The highest BCUT2D eigenvalue weighted by Gasteiger charge is 2.31. The maximum absolute atomic E-state index is 13.7. The summed E-state index contributed by atoms with van der Waals surface area (Å²) in [5.41, 5.74) is 10.7. The number of allylic oxidation sites excluding steroid dienone is 2. The number of benzene rings is 1. The highest BCUT2D eigenvalue weighted by Crippen LogP contribution is 2.43. The fraction of sp³-hybridized carbons (Fsp3) is 0.457. The van der Waals surface area contributed by atoms with Crippen LogP contribution in [0.3, 0.4) is 0 Å². The molecule has 1 aromatic carbocycles. The number of Topliss-reactive ketones (excluding diaryl/α,β-unsaturated/α-hetero) is 1. The van der Waals surface area contributed by atoms with Crippen molar-refractivity contribution in [3.05, 3.63) is 88.0 Å². The molecule has 3 aromatic rings. The van der Waals surface area contributed by atoms with Gasteiger partial charge in [0.25, 0.3) is 0 Å². The summed E-state index contributed by atoms with van der Waals surface area (Å²) < 4.78 is 0. The van der Waals surface area contributed by atoms with Crippen LogP contribution in [0.1, 0.15) is 110 Å². The summed E-state index contributed by atoms with van der Waals surface area (Å²) in [6.45, 7) is 7.89. The minimum atomic E-state index is -1.07. The van der Waals surface area contributed by atoms with Gasteiger partial charge in [-0.3, -0.25) is 14.8 Å². The number of nitrogens with zero attached hydrogens (tertiary/aromatic N) is 2. The summed E-state index contributed by atoms with van der Waals surface area (Å²) in [5.74, 6) is 1.24. The number of hydrogen-bond donors (Lipinski definition) is 1. The number of aromatic nitrogens is 2. The van der Waals surface area contributed by atoms with E-state index in [4.69, 9.17) is 4.98 Å². The van der Waals surface area contributed by atoms with Crippen LogP contribution in [0, 0.1) is 11.8 Å². The van der Waals surface area contributed by atoms with E-state index in [1.165, 1.54) is 70.3 Å². The van der Waals surface area contributed by atoms with Crippen LogP contribution in [0.4, 0.5) is 0 Å². The molecule has 4 heteroatoms.